The molecule has 0 bridgehead atoms. The topological polar surface area (TPSA) is 121 Å². The number of aromatic nitrogens is 5. The molecule has 2 aliphatic rings. The van der Waals surface area contributed by atoms with E-state index in [0.29, 0.717) is 0 Å². The number of carbonyl (C=O) groups is 1. The lowest BCUT2D eigenvalue weighted by Crippen LogP contribution is -2.40. The molecular weight excluding hydrogens is 508 g/mol. The SMILES string of the molecule is CC.COc1cc(C)nc2ccccc12.O=CNCCN1CCOCC1.c1nc(N2CCCC2)c2[nH]cnc2n1. The van der Waals surface area contributed by atoms with Crippen molar-refractivity contribution in [1.82, 2.24) is 35.1 Å². The maximum absolute atomic E-state index is 9.89. The number of anilines is 1. The minimum Gasteiger partial charge on any atom is -0.496 e. The Kier molecular flexibility index (Phi) is 13.0. The summed E-state index contributed by atoms with van der Waals surface area (Å²) in [6.45, 7) is 13.4. The second-order valence-corrected chi connectivity index (χ2v) is 9.00. The fourth-order valence-corrected chi connectivity index (χ4v) is 4.47. The van der Waals surface area contributed by atoms with Crippen molar-refractivity contribution in [2.75, 3.05) is 64.5 Å². The number of hydrogen-bond donors (Lipinski definition) is 2. The van der Waals surface area contributed by atoms with E-state index in [0.717, 1.165) is 98.2 Å². The van der Waals surface area contributed by atoms with Gasteiger partial charge in [-0.2, -0.15) is 0 Å². The third-order valence-corrected chi connectivity index (χ3v) is 6.39. The van der Waals surface area contributed by atoms with Gasteiger partial charge in [0.1, 0.15) is 17.6 Å². The highest BCUT2D eigenvalue weighted by Gasteiger charge is 2.17. The first-order valence-corrected chi connectivity index (χ1v) is 14.0. The minimum absolute atomic E-state index is 0.737. The van der Waals surface area contributed by atoms with Crippen LogP contribution in [0.1, 0.15) is 32.4 Å². The van der Waals surface area contributed by atoms with Crippen molar-refractivity contribution in [3.8, 4) is 5.75 Å². The van der Waals surface area contributed by atoms with Crippen molar-refractivity contribution >= 4 is 34.3 Å². The molecule has 0 unspecified atom stereocenters. The van der Waals surface area contributed by atoms with Crippen LogP contribution in [0, 0.1) is 6.92 Å². The van der Waals surface area contributed by atoms with Crippen LogP contribution in [0.4, 0.5) is 5.82 Å². The smallest absolute Gasteiger partial charge is 0.207 e. The summed E-state index contributed by atoms with van der Waals surface area (Å²) in [7, 11) is 1.68. The number of morpholine rings is 1. The summed E-state index contributed by atoms with van der Waals surface area (Å²) in [6.07, 6.45) is 6.48. The van der Waals surface area contributed by atoms with E-state index in [-0.39, 0.29) is 0 Å². The first-order valence-electron chi connectivity index (χ1n) is 14.0. The van der Waals surface area contributed by atoms with Gasteiger partial charge in [0.05, 0.1) is 32.2 Å². The molecule has 0 spiro atoms. The Hall–Kier alpha value is -3.83. The molecule has 5 heterocycles. The maximum Gasteiger partial charge on any atom is 0.207 e. The molecule has 11 heteroatoms. The summed E-state index contributed by atoms with van der Waals surface area (Å²) in [5, 5.41) is 3.70. The first kappa shape index (κ1) is 30.7. The molecular formula is C29H42N8O3. The minimum atomic E-state index is 0.737. The lowest BCUT2D eigenvalue weighted by Gasteiger charge is -2.26. The van der Waals surface area contributed by atoms with E-state index in [9.17, 15) is 4.79 Å². The van der Waals surface area contributed by atoms with Crippen LogP contribution in [-0.2, 0) is 9.53 Å². The van der Waals surface area contributed by atoms with Gasteiger partial charge in [-0.15, -0.1) is 0 Å². The highest BCUT2D eigenvalue weighted by Crippen LogP contribution is 2.24. The Morgan fingerprint density at radius 1 is 1.07 bits per heavy atom. The monoisotopic (exact) mass is 550 g/mol. The number of nitrogens with one attached hydrogen (secondary N) is 2. The van der Waals surface area contributed by atoms with Crippen molar-refractivity contribution in [2.24, 2.45) is 0 Å². The molecule has 6 rings (SSSR count). The number of methoxy groups -OCH3 is 1. The average molecular weight is 551 g/mol. The van der Waals surface area contributed by atoms with E-state index in [1.165, 1.54) is 12.8 Å². The van der Waals surface area contributed by atoms with Crippen LogP contribution in [0.15, 0.2) is 43.0 Å². The van der Waals surface area contributed by atoms with Gasteiger partial charge in [-0.1, -0.05) is 26.0 Å². The Balaban J connectivity index is 0.000000162. The average Bonchev–Trinajstić information content (AvgIpc) is 3.72. The van der Waals surface area contributed by atoms with Crippen LogP contribution in [0.5, 0.6) is 5.75 Å². The molecule has 2 saturated heterocycles. The summed E-state index contributed by atoms with van der Waals surface area (Å²) in [4.78, 5) is 34.5. The number of aromatic amines is 1. The summed E-state index contributed by atoms with van der Waals surface area (Å²) < 4.78 is 10.4. The first-order chi connectivity index (χ1) is 19.7. The predicted octanol–water partition coefficient (Wildman–Crippen LogP) is 3.60. The number of amides is 1. The number of rotatable bonds is 6. The molecule has 0 saturated carbocycles. The number of fused-ring (bicyclic) bond motifs is 2. The highest BCUT2D eigenvalue weighted by molar-refractivity contribution is 5.85. The van der Waals surface area contributed by atoms with Gasteiger partial charge in [0.15, 0.2) is 11.5 Å². The predicted molar refractivity (Wildman–Crippen MR) is 159 cm³/mol. The molecule has 11 nitrogen and oxygen atoms in total. The standard InChI is InChI=1S/C11H11NO.C9H11N5.C7H14N2O2.C2H6/c1-8-7-11(13-2)9-5-3-4-6-10(9)12-8;1-2-4-14(3-1)9-7-8(11-5-10-7)12-6-13-9;10-7-8-1-2-9-3-5-11-6-4-9;1-2/h3-7H,1-2H3;5-6H,1-4H2,(H,10,11,12,13);7H,1-6H2,(H,8,10);1-2H3. The van der Waals surface area contributed by atoms with Gasteiger partial charge in [0.2, 0.25) is 6.41 Å². The lowest BCUT2D eigenvalue weighted by atomic mass is 10.2. The van der Waals surface area contributed by atoms with Gasteiger partial charge in [-0.25, -0.2) is 15.0 Å². The zero-order valence-electron chi connectivity index (χ0n) is 24.1. The van der Waals surface area contributed by atoms with Gasteiger partial charge < -0.3 is 24.7 Å². The molecule has 2 aliphatic heterocycles. The zero-order chi connectivity index (χ0) is 28.6. The van der Waals surface area contributed by atoms with E-state index in [2.05, 4.69) is 40.0 Å². The highest BCUT2D eigenvalue weighted by atomic mass is 16.5. The van der Waals surface area contributed by atoms with Crippen LogP contribution in [0.2, 0.25) is 0 Å². The quantitative estimate of drug-likeness (QED) is 0.274. The lowest BCUT2D eigenvalue weighted by molar-refractivity contribution is -0.109. The molecule has 2 fully saturated rings. The number of benzene rings is 1. The van der Waals surface area contributed by atoms with E-state index >= 15 is 0 Å². The van der Waals surface area contributed by atoms with E-state index in [4.69, 9.17) is 9.47 Å². The molecule has 2 N–H and O–H groups in total. The summed E-state index contributed by atoms with van der Waals surface area (Å²) in [6, 6.07) is 9.92. The van der Waals surface area contributed by atoms with Crippen molar-refractivity contribution in [3.05, 3.63) is 48.7 Å². The van der Waals surface area contributed by atoms with Crippen molar-refractivity contribution in [3.63, 3.8) is 0 Å². The molecule has 40 heavy (non-hydrogen) atoms. The molecule has 0 aliphatic carbocycles. The normalized spacial score (nSPS) is 14.8. The fraction of sp³-hybridized carbons (Fsp3) is 0.483. The van der Waals surface area contributed by atoms with E-state index < -0.39 is 0 Å². The second kappa shape index (κ2) is 17.0. The number of imidazole rings is 1. The number of nitrogens with zero attached hydrogens (tertiary/aromatic N) is 6. The van der Waals surface area contributed by atoms with Gasteiger partial charge in [0, 0.05) is 56.4 Å². The Labute approximate surface area is 236 Å². The van der Waals surface area contributed by atoms with Crippen molar-refractivity contribution < 1.29 is 14.3 Å². The van der Waals surface area contributed by atoms with Crippen LogP contribution in [0.25, 0.3) is 22.1 Å². The molecule has 216 valence electrons. The number of para-hydroxylation sites is 1. The molecule has 3 aromatic heterocycles. The summed E-state index contributed by atoms with van der Waals surface area (Å²) in [5.74, 6) is 1.88. The molecule has 1 aromatic carbocycles. The molecule has 4 aromatic rings. The largest absolute Gasteiger partial charge is 0.496 e. The van der Waals surface area contributed by atoms with Crippen LogP contribution < -0.4 is 15.0 Å². The van der Waals surface area contributed by atoms with Crippen LogP contribution in [0.3, 0.4) is 0 Å². The molecule has 0 radical (unpaired) electrons. The third-order valence-electron chi connectivity index (χ3n) is 6.39. The number of ether oxygens (including phenoxy) is 2. The number of hydrogen-bond acceptors (Lipinski definition) is 9. The second-order valence-electron chi connectivity index (χ2n) is 9.00. The number of carbonyl (C=O) groups excluding carboxylic acids is 1. The number of aryl methyl sites for hydroxylation is 1. The molecule has 0 atom stereocenters. The summed E-state index contributed by atoms with van der Waals surface area (Å²) >= 11 is 0. The number of pyridine rings is 1. The van der Waals surface area contributed by atoms with Gasteiger partial charge in [0.25, 0.3) is 0 Å². The number of H-pyrrole nitrogens is 1. The van der Waals surface area contributed by atoms with Crippen LogP contribution >= 0.6 is 0 Å². The third kappa shape index (κ3) is 8.85. The van der Waals surface area contributed by atoms with Gasteiger partial charge in [-0.3, -0.25) is 14.7 Å². The van der Waals surface area contributed by atoms with Crippen molar-refractivity contribution in [1.29, 1.82) is 0 Å². The van der Waals surface area contributed by atoms with E-state index in [1.54, 1.807) is 19.8 Å². The zero-order valence-corrected chi connectivity index (χ0v) is 24.1. The Morgan fingerprint density at radius 3 is 2.55 bits per heavy atom. The van der Waals surface area contributed by atoms with E-state index in [1.807, 2.05) is 51.1 Å². The molecule has 1 amide bonds. The van der Waals surface area contributed by atoms with Gasteiger partial charge >= 0.3 is 0 Å². The summed E-state index contributed by atoms with van der Waals surface area (Å²) in [5.41, 5.74) is 3.67. The van der Waals surface area contributed by atoms with Crippen molar-refractivity contribution in [2.45, 2.75) is 33.6 Å². The Morgan fingerprint density at radius 2 is 1.82 bits per heavy atom. The fourth-order valence-electron chi connectivity index (χ4n) is 4.47. The van der Waals surface area contributed by atoms with Gasteiger partial charge in [-0.05, 0) is 31.9 Å². The Bertz CT molecular complexity index is 1290. The van der Waals surface area contributed by atoms with Crippen LogP contribution in [-0.4, -0.2) is 95.8 Å². The maximum atomic E-state index is 9.89.